The summed E-state index contributed by atoms with van der Waals surface area (Å²) in [7, 11) is 0. The third kappa shape index (κ3) is 2.14. The van der Waals surface area contributed by atoms with Crippen LogP contribution in [0.1, 0.15) is 13.8 Å². The van der Waals surface area contributed by atoms with Gasteiger partial charge in [-0.2, -0.15) is 0 Å². The summed E-state index contributed by atoms with van der Waals surface area (Å²) in [6.07, 6.45) is 0. The molecule has 11 heavy (non-hydrogen) atoms. The number of hydrogen-bond acceptors (Lipinski definition) is 3. The summed E-state index contributed by atoms with van der Waals surface area (Å²) in [4.78, 5) is 11.6. The largest absolute Gasteiger partial charge is 0.456 e. The SMILES string of the molecule is CC(C)SC1=C(Cl)C(=O)OC1. The van der Waals surface area contributed by atoms with E-state index in [0.717, 1.165) is 4.91 Å². The van der Waals surface area contributed by atoms with E-state index in [-0.39, 0.29) is 5.03 Å². The van der Waals surface area contributed by atoms with E-state index in [0.29, 0.717) is 11.9 Å². The van der Waals surface area contributed by atoms with Crippen LogP contribution in [0.25, 0.3) is 0 Å². The Bertz CT molecular complexity index is 210. The van der Waals surface area contributed by atoms with Gasteiger partial charge < -0.3 is 4.74 Å². The number of carbonyl (C=O) groups is 1. The fourth-order valence-electron chi connectivity index (χ4n) is 0.742. The summed E-state index contributed by atoms with van der Waals surface area (Å²) >= 11 is 7.23. The first-order valence-corrected chi connectivity index (χ1v) is 4.59. The van der Waals surface area contributed by atoms with Crippen LogP contribution in [-0.4, -0.2) is 17.8 Å². The van der Waals surface area contributed by atoms with E-state index < -0.39 is 5.97 Å². The number of rotatable bonds is 2. The monoisotopic (exact) mass is 192 g/mol. The molecule has 0 saturated carbocycles. The summed E-state index contributed by atoms with van der Waals surface area (Å²) in [5.41, 5.74) is 0. The van der Waals surface area contributed by atoms with Crippen LogP contribution in [0.15, 0.2) is 9.94 Å². The number of thioether (sulfide) groups is 1. The van der Waals surface area contributed by atoms with E-state index in [1.165, 1.54) is 0 Å². The predicted octanol–water partition coefficient (Wildman–Crippen LogP) is 2.14. The Labute approximate surface area is 74.9 Å². The van der Waals surface area contributed by atoms with E-state index in [9.17, 15) is 4.79 Å². The summed E-state index contributed by atoms with van der Waals surface area (Å²) in [5.74, 6) is -0.394. The molecular weight excluding hydrogens is 184 g/mol. The summed E-state index contributed by atoms with van der Waals surface area (Å²) in [6.45, 7) is 4.44. The first-order chi connectivity index (χ1) is 5.11. The topological polar surface area (TPSA) is 26.3 Å². The third-order valence-corrected chi connectivity index (χ3v) is 2.71. The van der Waals surface area contributed by atoms with Gasteiger partial charge in [-0.15, -0.1) is 11.8 Å². The zero-order valence-corrected chi connectivity index (χ0v) is 7.96. The van der Waals surface area contributed by atoms with Gasteiger partial charge in [-0.1, -0.05) is 25.4 Å². The van der Waals surface area contributed by atoms with E-state index in [4.69, 9.17) is 16.3 Å². The Balaban J connectivity index is 2.64. The molecule has 0 radical (unpaired) electrons. The molecule has 0 aromatic heterocycles. The van der Waals surface area contributed by atoms with Gasteiger partial charge in [0.25, 0.3) is 0 Å². The molecule has 1 rings (SSSR count). The van der Waals surface area contributed by atoms with Crippen LogP contribution >= 0.6 is 23.4 Å². The minimum Gasteiger partial charge on any atom is -0.456 e. The second kappa shape index (κ2) is 3.50. The number of hydrogen-bond donors (Lipinski definition) is 0. The van der Waals surface area contributed by atoms with Gasteiger partial charge in [-0.3, -0.25) is 0 Å². The van der Waals surface area contributed by atoms with Crippen molar-refractivity contribution in [2.24, 2.45) is 0 Å². The van der Waals surface area contributed by atoms with Crippen LogP contribution in [-0.2, 0) is 9.53 Å². The molecule has 0 fully saturated rings. The molecule has 0 amide bonds. The molecule has 0 spiro atoms. The minimum atomic E-state index is -0.394. The quantitative estimate of drug-likeness (QED) is 0.627. The highest BCUT2D eigenvalue weighted by Crippen LogP contribution is 2.31. The number of cyclic esters (lactones) is 1. The average molecular weight is 193 g/mol. The zero-order chi connectivity index (χ0) is 8.43. The van der Waals surface area contributed by atoms with E-state index >= 15 is 0 Å². The van der Waals surface area contributed by atoms with Crippen LogP contribution < -0.4 is 0 Å². The lowest BCUT2D eigenvalue weighted by molar-refractivity contribution is -0.135. The summed E-state index contributed by atoms with van der Waals surface area (Å²) in [5, 5.41) is 0.692. The second-order valence-corrected chi connectivity index (χ2v) is 4.53. The van der Waals surface area contributed by atoms with Crippen molar-refractivity contribution in [2.75, 3.05) is 6.61 Å². The number of carbonyl (C=O) groups excluding carboxylic acids is 1. The van der Waals surface area contributed by atoms with Crippen LogP contribution in [0.5, 0.6) is 0 Å². The first kappa shape index (κ1) is 8.94. The Morgan fingerprint density at radius 3 is 2.64 bits per heavy atom. The van der Waals surface area contributed by atoms with Gasteiger partial charge in [0.2, 0.25) is 0 Å². The molecule has 0 bridgehead atoms. The standard InChI is InChI=1S/C7H9ClO2S/c1-4(2)11-5-3-10-7(9)6(5)8/h4H,3H2,1-2H3. The fourth-order valence-corrected chi connectivity index (χ4v) is 1.87. The number of ether oxygens (including phenoxy) is 1. The molecule has 0 aliphatic carbocycles. The lowest BCUT2D eigenvalue weighted by Crippen LogP contribution is -1.93. The Hall–Kier alpha value is -0.150. The molecule has 0 saturated heterocycles. The lowest BCUT2D eigenvalue weighted by atomic mass is 10.5. The van der Waals surface area contributed by atoms with Crippen LogP contribution in [0.4, 0.5) is 0 Å². The molecule has 62 valence electrons. The highest BCUT2D eigenvalue weighted by Gasteiger charge is 2.23. The second-order valence-electron chi connectivity index (χ2n) is 2.48. The first-order valence-electron chi connectivity index (χ1n) is 3.33. The van der Waals surface area contributed by atoms with Crippen molar-refractivity contribution in [3.8, 4) is 0 Å². The molecule has 0 atom stereocenters. The van der Waals surface area contributed by atoms with Gasteiger partial charge in [0, 0.05) is 10.2 Å². The number of esters is 1. The van der Waals surface area contributed by atoms with Gasteiger partial charge in [0.05, 0.1) is 0 Å². The smallest absolute Gasteiger partial charge is 0.351 e. The normalized spacial score (nSPS) is 18.0. The lowest BCUT2D eigenvalue weighted by Gasteiger charge is -2.02. The van der Waals surface area contributed by atoms with E-state index in [1.54, 1.807) is 11.8 Å². The van der Waals surface area contributed by atoms with Gasteiger partial charge in [-0.25, -0.2) is 4.79 Å². The Morgan fingerprint density at radius 2 is 2.27 bits per heavy atom. The van der Waals surface area contributed by atoms with Gasteiger partial charge >= 0.3 is 5.97 Å². The van der Waals surface area contributed by atoms with Crippen molar-refractivity contribution < 1.29 is 9.53 Å². The molecule has 1 heterocycles. The van der Waals surface area contributed by atoms with Crippen LogP contribution in [0, 0.1) is 0 Å². The van der Waals surface area contributed by atoms with Crippen LogP contribution in [0.3, 0.4) is 0 Å². The Kier molecular flexibility index (Phi) is 2.84. The van der Waals surface area contributed by atoms with Gasteiger partial charge in [0.15, 0.2) is 0 Å². The van der Waals surface area contributed by atoms with Crippen molar-refractivity contribution in [3.05, 3.63) is 9.94 Å². The summed E-state index contributed by atoms with van der Waals surface area (Å²) in [6, 6.07) is 0. The third-order valence-electron chi connectivity index (χ3n) is 1.14. The van der Waals surface area contributed by atoms with Crippen molar-refractivity contribution in [3.63, 3.8) is 0 Å². The maximum atomic E-state index is 10.7. The van der Waals surface area contributed by atoms with E-state index in [1.807, 2.05) is 13.8 Å². The average Bonchev–Trinajstić information content (AvgIpc) is 2.18. The number of halogens is 1. The zero-order valence-electron chi connectivity index (χ0n) is 6.39. The molecule has 4 heteroatoms. The molecule has 1 aliphatic rings. The van der Waals surface area contributed by atoms with Gasteiger partial charge in [-0.05, 0) is 0 Å². The fraction of sp³-hybridized carbons (Fsp3) is 0.571. The van der Waals surface area contributed by atoms with Crippen LogP contribution in [0.2, 0.25) is 0 Å². The van der Waals surface area contributed by atoms with Crippen molar-refractivity contribution in [1.82, 2.24) is 0 Å². The molecule has 0 aromatic rings. The Morgan fingerprint density at radius 1 is 1.64 bits per heavy atom. The molecular formula is C7H9ClO2S. The highest BCUT2D eigenvalue weighted by molar-refractivity contribution is 8.03. The van der Waals surface area contributed by atoms with Crippen molar-refractivity contribution >= 4 is 29.3 Å². The maximum Gasteiger partial charge on any atom is 0.351 e. The minimum absolute atomic E-state index is 0.253. The predicted molar refractivity (Wildman–Crippen MR) is 46.6 cm³/mol. The van der Waals surface area contributed by atoms with Crippen molar-refractivity contribution in [1.29, 1.82) is 0 Å². The van der Waals surface area contributed by atoms with Crippen molar-refractivity contribution in [2.45, 2.75) is 19.1 Å². The molecule has 0 aromatic carbocycles. The summed E-state index contributed by atoms with van der Waals surface area (Å²) < 4.78 is 4.71. The highest BCUT2D eigenvalue weighted by atomic mass is 35.5. The molecule has 1 aliphatic heterocycles. The molecule has 2 nitrogen and oxygen atoms in total. The van der Waals surface area contributed by atoms with E-state index in [2.05, 4.69) is 0 Å². The van der Waals surface area contributed by atoms with Gasteiger partial charge in [0.1, 0.15) is 11.6 Å². The maximum absolute atomic E-state index is 10.7. The molecule has 0 N–H and O–H groups in total. The molecule has 0 unspecified atom stereocenters.